The van der Waals surface area contributed by atoms with Crippen LogP contribution in [-0.2, 0) is 13.5 Å². The van der Waals surface area contributed by atoms with Gasteiger partial charge in [-0.3, -0.25) is 4.68 Å². The van der Waals surface area contributed by atoms with Gasteiger partial charge in [0.15, 0.2) is 0 Å². The minimum atomic E-state index is 0.679. The van der Waals surface area contributed by atoms with Gasteiger partial charge in [-0.05, 0) is 31.7 Å². The molecule has 0 aliphatic carbocycles. The van der Waals surface area contributed by atoms with E-state index in [1.54, 1.807) is 0 Å². The van der Waals surface area contributed by atoms with Gasteiger partial charge in [0.05, 0.1) is 11.4 Å². The van der Waals surface area contributed by atoms with Gasteiger partial charge >= 0.3 is 0 Å². The van der Waals surface area contributed by atoms with E-state index in [0.29, 0.717) is 12.0 Å². The fourth-order valence-electron chi connectivity index (χ4n) is 3.04. The second-order valence-corrected chi connectivity index (χ2v) is 5.76. The number of piperidine rings is 1. The van der Waals surface area contributed by atoms with E-state index in [1.807, 2.05) is 11.7 Å². The molecular formula is C15H28N4. The van der Waals surface area contributed by atoms with Crippen molar-refractivity contribution in [1.29, 1.82) is 0 Å². The molecule has 4 nitrogen and oxygen atoms in total. The third-order valence-corrected chi connectivity index (χ3v) is 4.12. The van der Waals surface area contributed by atoms with Gasteiger partial charge in [0.25, 0.3) is 0 Å². The van der Waals surface area contributed by atoms with Crippen LogP contribution in [0.5, 0.6) is 0 Å². The van der Waals surface area contributed by atoms with Crippen LogP contribution in [0.2, 0.25) is 0 Å². The van der Waals surface area contributed by atoms with Gasteiger partial charge in [0.1, 0.15) is 0 Å². The molecule has 0 spiro atoms. The zero-order valence-corrected chi connectivity index (χ0v) is 12.8. The minimum Gasteiger partial charge on any atom is -0.368 e. The van der Waals surface area contributed by atoms with Crippen LogP contribution in [0.3, 0.4) is 0 Å². The Morgan fingerprint density at radius 1 is 1.42 bits per heavy atom. The first-order valence-electron chi connectivity index (χ1n) is 7.66. The molecule has 2 unspecified atom stereocenters. The van der Waals surface area contributed by atoms with Gasteiger partial charge in [-0.1, -0.05) is 20.8 Å². The summed E-state index contributed by atoms with van der Waals surface area (Å²) in [5, 5.41) is 8.24. The molecule has 1 aromatic rings. The molecule has 0 bridgehead atoms. The summed E-state index contributed by atoms with van der Waals surface area (Å²) in [6.45, 7) is 10.2. The minimum absolute atomic E-state index is 0.679. The van der Waals surface area contributed by atoms with Crippen molar-refractivity contribution in [3.8, 4) is 0 Å². The smallest absolute Gasteiger partial charge is 0.0855 e. The van der Waals surface area contributed by atoms with Gasteiger partial charge in [-0.25, -0.2) is 0 Å². The zero-order chi connectivity index (χ0) is 13.8. The molecule has 1 aromatic heterocycles. The van der Waals surface area contributed by atoms with Crippen LogP contribution in [-0.4, -0.2) is 35.5 Å². The van der Waals surface area contributed by atoms with Crippen molar-refractivity contribution >= 4 is 5.69 Å². The summed E-state index contributed by atoms with van der Waals surface area (Å²) in [5.74, 6) is 0.699. The predicted molar refractivity (Wildman–Crippen MR) is 80.7 cm³/mol. The summed E-state index contributed by atoms with van der Waals surface area (Å²) in [6, 6.07) is 0.679. The SMILES string of the molecule is CCCNC1CCN(c2cn(C)nc2CC)CC1C. The van der Waals surface area contributed by atoms with Crippen molar-refractivity contribution < 1.29 is 0 Å². The number of rotatable bonds is 5. The molecule has 2 heterocycles. The van der Waals surface area contributed by atoms with Crippen LogP contribution < -0.4 is 10.2 Å². The Morgan fingerprint density at radius 3 is 2.84 bits per heavy atom. The van der Waals surface area contributed by atoms with Crippen LogP contribution in [0.25, 0.3) is 0 Å². The number of aromatic nitrogens is 2. The van der Waals surface area contributed by atoms with Crippen LogP contribution in [0.1, 0.15) is 39.3 Å². The molecule has 0 radical (unpaired) electrons. The van der Waals surface area contributed by atoms with E-state index in [9.17, 15) is 0 Å². The zero-order valence-electron chi connectivity index (χ0n) is 12.8. The second kappa shape index (κ2) is 6.42. The highest BCUT2D eigenvalue weighted by atomic mass is 15.3. The quantitative estimate of drug-likeness (QED) is 0.885. The van der Waals surface area contributed by atoms with Crippen LogP contribution in [0.4, 0.5) is 5.69 Å². The first-order chi connectivity index (χ1) is 9.15. The number of aryl methyl sites for hydroxylation is 2. The average molecular weight is 264 g/mol. The molecule has 108 valence electrons. The lowest BCUT2D eigenvalue weighted by atomic mass is 9.93. The van der Waals surface area contributed by atoms with Gasteiger partial charge < -0.3 is 10.2 Å². The normalized spacial score (nSPS) is 23.9. The van der Waals surface area contributed by atoms with Crippen molar-refractivity contribution in [2.45, 2.75) is 46.1 Å². The number of anilines is 1. The van der Waals surface area contributed by atoms with E-state index in [1.165, 1.54) is 24.2 Å². The molecule has 1 aliphatic rings. The van der Waals surface area contributed by atoms with E-state index in [4.69, 9.17) is 0 Å². The fourth-order valence-corrected chi connectivity index (χ4v) is 3.04. The lowest BCUT2D eigenvalue weighted by molar-refractivity contribution is 0.322. The lowest BCUT2D eigenvalue weighted by Gasteiger charge is -2.38. The first kappa shape index (κ1) is 14.4. The highest BCUT2D eigenvalue weighted by molar-refractivity contribution is 5.50. The standard InChI is InChI=1S/C15H28N4/c1-5-8-16-14-7-9-19(10-12(14)3)15-11-18(4)17-13(15)6-2/h11-12,14,16H,5-10H2,1-4H3. The lowest BCUT2D eigenvalue weighted by Crippen LogP contribution is -2.48. The summed E-state index contributed by atoms with van der Waals surface area (Å²) in [6.07, 6.45) is 5.64. The Bertz CT molecular complexity index is 399. The van der Waals surface area contributed by atoms with Crippen molar-refractivity contribution in [3.63, 3.8) is 0 Å². The monoisotopic (exact) mass is 264 g/mol. The molecule has 0 saturated carbocycles. The Labute approximate surface area is 117 Å². The van der Waals surface area contributed by atoms with Crippen LogP contribution in [0, 0.1) is 5.92 Å². The number of nitrogens with zero attached hydrogens (tertiary/aromatic N) is 3. The maximum atomic E-state index is 4.56. The Hall–Kier alpha value is -1.03. The molecule has 0 amide bonds. The molecule has 4 heteroatoms. The van der Waals surface area contributed by atoms with Gasteiger partial charge in [0, 0.05) is 32.4 Å². The Balaban J connectivity index is 2.01. The summed E-state index contributed by atoms with van der Waals surface area (Å²) >= 11 is 0. The number of hydrogen-bond acceptors (Lipinski definition) is 3. The van der Waals surface area contributed by atoms with E-state index in [0.717, 1.165) is 26.1 Å². The highest BCUT2D eigenvalue weighted by Gasteiger charge is 2.27. The maximum absolute atomic E-state index is 4.56. The Kier molecular flexibility index (Phi) is 4.86. The average Bonchev–Trinajstić information content (AvgIpc) is 2.78. The molecule has 1 aliphatic heterocycles. The Morgan fingerprint density at radius 2 is 2.21 bits per heavy atom. The topological polar surface area (TPSA) is 33.1 Å². The largest absolute Gasteiger partial charge is 0.368 e. The summed E-state index contributed by atoms with van der Waals surface area (Å²) in [7, 11) is 2.02. The van der Waals surface area contributed by atoms with E-state index >= 15 is 0 Å². The highest BCUT2D eigenvalue weighted by Crippen LogP contribution is 2.26. The summed E-state index contributed by atoms with van der Waals surface area (Å²) < 4.78 is 1.94. The molecule has 1 N–H and O–H groups in total. The molecule has 0 aromatic carbocycles. The molecule has 1 saturated heterocycles. The molecule has 2 rings (SSSR count). The maximum Gasteiger partial charge on any atom is 0.0855 e. The van der Waals surface area contributed by atoms with E-state index in [2.05, 4.69) is 42.3 Å². The fraction of sp³-hybridized carbons (Fsp3) is 0.800. The molecule has 2 atom stereocenters. The summed E-state index contributed by atoms with van der Waals surface area (Å²) in [4.78, 5) is 2.51. The van der Waals surface area contributed by atoms with Crippen molar-refractivity contribution in [2.75, 3.05) is 24.5 Å². The predicted octanol–water partition coefficient (Wildman–Crippen LogP) is 2.20. The van der Waals surface area contributed by atoms with Crippen LogP contribution in [0.15, 0.2) is 6.20 Å². The molecule has 19 heavy (non-hydrogen) atoms. The van der Waals surface area contributed by atoms with Crippen molar-refractivity contribution in [2.24, 2.45) is 13.0 Å². The van der Waals surface area contributed by atoms with E-state index in [-0.39, 0.29) is 0 Å². The number of nitrogens with one attached hydrogen (secondary N) is 1. The van der Waals surface area contributed by atoms with E-state index < -0.39 is 0 Å². The first-order valence-corrected chi connectivity index (χ1v) is 7.66. The van der Waals surface area contributed by atoms with Crippen LogP contribution >= 0.6 is 0 Å². The molecule has 1 fully saturated rings. The molecular weight excluding hydrogens is 236 g/mol. The van der Waals surface area contributed by atoms with Gasteiger partial charge in [-0.2, -0.15) is 5.10 Å². The number of hydrogen-bond donors (Lipinski definition) is 1. The third-order valence-electron chi connectivity index (χ3n) is 4.12. The third kappa shape index (κ3) is 3.30. The van der Waals surface area contributed by atoms with Crippen molar-refractivity contribution in [3.05, 3.63) is 11.9 Å². The summed E-state index contributed by atoms with van der Waals surface area (Å²) in [5.41, 5.74) is 2.57. The van der Waals surface area contributed by atoms with Gasteiger partial charge in [0.2, 0.25) is 0 Å². The van der Waals surface area contributed by atoms with Gasteiger partial charge in [-0.15, -0.1) is 0 Å². The van der Waals surface area contributed by atoms with Crippen molar-refractivity contribution in [1.82, 2.24) is 15.1 Å². The second-order valence-electron chi connectivity index (χ2n) is 5.76.